The Morgan fingerprint density at radius 3 is 2.57 bits per heavy atom. The third-order valence-electron chi connectivity index (χ3n) is 13.6. The topological polar surface area (TPSA) is 123 Å². The van der Waals surface area contributed by atoms with Gasteiger partial charge in [0.2, 0.25) is 0 Å². The van der Waals surface area contributed by atoms with E-state index < -0.39 is 37.3 Å². The number of aliphatic hydroxyl groups excluding tert-OH is 5. The number of fused-ring (bicyclic) bond motifs is 5. The third kappa shape index (κ3) is 5.14. The van der Waals surface area contributed by atoms with Gasteiger partial charge in [-0.15, -0.1) is 0 Å². The minimum absolute atomic E-state index is 0.0738. The Labute approximate surface area is 252 Å². The molecule has 4 aliphatic carbocycles. The van der Waals surface area contributed by atoms with E-state index in [4.69, 9.17) is 9.47 Å². The van der Waals surface area contributed by atoms with Crippen LogP contribution in [0.5, 0.6) is 0 Å². The van der Waals surface area contributed by atoms with E-state index in [0.717, 1.165) is 32.1 Å². The first-order valence-electron chi connectivity index (χ1n) is 17.0. The van der Waals surface area contributed by atoms with Crippen molar-refractivity contribution in [3.63, 3.8) is 0 Å². The molecular formula is C34H57NO7. The fourth-order valence-corrected chi connectivity index (χ4v) is 11.3. The minimum atomic E-state index is -1.42. The molecule has 240 valence electrons. The first-order valence-corrected chi connectivity index (χ1v) is 17.0. The standard InChI is InChI=1S/C34H57NO7/c1-19(25-8-6-5-7-15-35(25)4)24-17-26(37)28-22-10-9-20-16-21(11-13-33(20,2)23(22)12-14-34(24,28)3)41-32-31(40)30(39)29(38)27(18-36)42-32/h9,19,21-32,36-40H,5-8,10-18H2,1-4H3/t19?,21-,22+,23-,24+,25?,26+,27+,28+,29+,30-,31+,32+,33-,34+/m0/s1. The lowest BCUT2D eigenvalue weighted by Gasteiger charge is -2.59. The van der Waals surface area contributed by atoms with Crippen molar-refractivity contribution < 1.29 is 35.0 Å². The lowest BCUT2D eigenvalue weighted by molar-refractivity contribution is -0.313. The molecule has 3 saturated carbocycles. The van der Waals surface area contributed by atoms with Crippen molar-refractivity contribution in [2.24, 2.45) is 40.4 Å². The van der Waals surface area contributed by atoms with Crippen LogP contribution in [0.2, 0.25) is 0 Å². The molecule has 0 aromatic rings. The Kier molecular flexibility index (Phi) is 8.95. The largest absolute Gasteiger partial charge is 0.394 e. The Balaban J connectivity index is 1.16. The fourth-order valence-electron chi connectivity index (χ4n) is 11.3. The number of likely N-dealkylation sites (tertiary alicyclic amines) is 1. The summed E-state index contributed by atoms with van der Waals surface area (Å²) in [6, 6.07) is 0.618. The molecule has 5 fully saturated rings. The van der Waals surface area contributed by atoms with E-state index in [1.807, 2.05) is 0 Å². The maximum absolute atomic E-state index is 11.7. The van der Waals surface area contributed by atoms with Gasteiger partial charge in [-0.25, -0.2) is 0 Å². The summed E-state index contributed by atoms with van der Waals surface area (Å²) in [5.74, 6) is 2.55. The van der Waals surface area contributed by atoms with Crippen LogP contribution in [-0.4, -0.2) is 99.6 Å². The summed E-state index contributed by atoms with van der Waals surface area (Å²) in [6.07, 6.45) is 8.01. The van der Waals surface area contributed by atoms with Crippen LogP contribution in [0.4, 0.5) is 0 Å². The molecule has 0 bridgehead atoms. The van der Waals surface area contributed by atoms with Crippen molar-refractivity contribution in [2.45, 2.75) is 140 Å². The van der Waals surface area contributed by atoms with Gasteiger partial charge in [0, 0.05) is 6.04 Å². The maximum Gasteiger partial charge on any atom is 0.186 e. The van der Waals surface area contributed by atoms with E-state index in [1.54, 1.807) is 0 Å². The lowest BCUT2D eigenvalue weighted by Crippen LogP contribution is -2.60. The molecule has 0 aromatic heterocycles. The fraction of sp³-hybridized carbons (Fsp3) is 0.941. The average molecular weight is 592 g/mol. The van der Waals surface area contributed by atoms with Crippen LogP contribution in [0.3, 0.4) is 0 Å². The number of nitrogens with zero attached hydrogens (tertiary/aromatic N) is 1. The molecule has 8 heteroatoms. The van der Waals surface area contributed by atoms with Crippen molar-refractivity contribution in [1.82, 2.24) is 4.90 Å². The molecule has 0 amide bonds. The second-order valence-electron chi connectivity index (χ2n) is 15.6. The van der Waals surface area contributed by atoms with Gasteiger partial charge in [0.15, 0.2) is 6.29 Å². The predicted molar refractivity (Wildman–Crippen MR) is 159 cm³/mol. The third-order valence-corrected chi connectivity index (χ3v) is 13.6. The van der Waals surface area contributed by atoms with Gasteiger partial charge in [-0.1, -0.05) is 45.3 Å². The molecule has 0 spiro atoms. The zero-order chi connectivity index (χ0) is 30.0. The van der Waals surface area contributed by atoms with Crippen molar-refractivity contribution >= 4 is 0 Å². The van der Waals surface area contributed by atoms with Crippen LogP contribution in [0.25, 0.3) is 0 Å². The molecule has 6 aliphatic rings. The Bertz CT molecular complexity index is 991. The average Bonchev–Trinajstić information content (AvgIpc) is 3.08. The first kappa shape index (κ1) is 31.4. The van der Waals surface area contributed by atoms with Gasteiger partial charge in [0.25, 0.3) is 0 Å². The number of hydrogen-bond donors (Lipinski definition) is 5. The zero-order valence-electron chi connectivity index (χ0n) is 26.3. The SMILES string of the molecule is CC(C1CCCCCN1C)[C@H]1C[C@@H](O)[C@H]2[C@@H]3CC=C4C[C@@H](O[C@@H]5O[C@H](CO)[C@@H](O)[C@H](O)[C@H]5O)CC[C@]4(C)[C@H]3CC[C@@]21C. The van der Waals surface area contributed by atoms with Gasteiger partial charge in [-0.05, 0) is 112 Å². The van der Waals surface area contributed by atoms with Crippen LogP contribution in [-0.2, 0) is 9.47 Å². The number of aliphatic hydroxyl groups is 5. The van der Waals surface area contributed by atoms with Crippen molar-refractivity contribution in [3.8, 4) is 0 Å². The number of ether oxygens (including phenoxy) is 2. The molecule has 6 rings (SSSR count). The molecule has 2 heterocycles. The van der Waals surface area contributed by atoms with Crippen LogP contribution in [0.1, 0.15) is 91.4 Å². The predicted octanol–water partition coefficient (Wildman–Crippen LogP) is 3.23. The number of allylic oxidation sites excluding steroid dienone is 1. The summed E-state index contributed by atoms with van der Waals surface area (Å²) >= 11 is 0. The Hall–Kier alpha value is -0.580. The molecule has 5 N–H and O–H groups in total. The summed E-state index contributed by atoms with van der Waals surface area (Å²) in [6.45, 7) is 8.19. The highest BCUT2D eigenvalue weighted by molar-refractivity contribution is 5.26. The Morgan fingerprint density at radius 2 is 1.81 bits per heavy atom. The highest BCUT2D eigenvalue weighted by Crippen LogP contribution is 2.67. The summed E-state index contributed by atoms with van der Waals surface area (Å²) in [5.41, 5.74) is 1.67. The van der Waals surface area contributed by atoms with Crippen LogP contribution in [0.15, 0.2) is 11.6 Å². The quantitative estimate of drug-likeness (QED) is 0.309. The smallest absolute Gasteiger partial charge is 0.186 e. The molecule has 0 aromatic carbocycles. The monoisotopic (exact) mass is 591 g/mol. The second kappa shape index (κ2) is 12.0. The maximum atomic E-state index is 11.7. The van der Waals surface area contributed by atoms with Gasteiger partial charge in [0.1, 0.15) is 24.4 Å². The van der Waals surface area contributed by atoms with E-state index in [-0.39, 0.29) is 23.0 Å². The number of rotatable bonds is 5. The van der Waals surface area contributed by atoms with Gasteiger partial charge < -0.3 is 39.9 Å². The van der Waals surface area contributed by atoms with Gasteiger partial charge in [-0.2, -0.15) is 0 Å². The van der Waals surface area contributed by atoms with E-state index in [9.17, 15) is 25.5 Å². The molecule has 8 nitrogen and oxygen atoms in total. The lowest BCUT2D eigenvalue weighted by atomic mass is 9.46. The molecular weight excluding hydrogens is 534 g/mol. The van der Waals surface area contributed by atoms with Crippen molar-refractivity contribution in [2.75, 3.05) is 20.2 Å². The van der Waals surface area contributed by atoms with Crippen molar-refractivity contribution in [3.05, 3.63) is 11.6 Å². The molecule has 15 atom stereocenters. The van der Waals surface area contributed by atoms with E-state index in [1.165, 1.54) is 50.6 Å². The highest BCUT2D eigenvalue weighted by Gasteiger charge is 2.62. The summed E-state index contributed by atoms with van der Waals surface area (Å²) in [4.78, 5) is 2.62. The number of hydrogen-bond acceptors (Lipinski definition) is 8. The summed E-state index contributed by atoms with van der Waals surface area (Å²) in [5, 5.41) is 52.2. The first-order chi connectivity index (χ1) is 20.0. The van der Waals surface area contributed by atoms with Crippen LogP contribution in [0, 0.1) is 40.4 Å². The highest BCUT2D eigenvalue weighted by atomic mass is 16.7. The molecule has 42 heavy (non-hydrogen) atoms. The summed E-state index contributed by atoms with van der Waals surface area (Å²) < 4.78 is 11.9. The molecule has 2 unspecified atom stereocenters. The summed E-state index contributed by atoms with van der Waals surface area (Å²) in [7, 11) is 2.32. The van der Waals surface area contributed by atoms with Crippen molar-refractivity contribution in [1.29, 1.82) is 0 Å². The normalized spacial score (nSPS) is 52.5. The molecule has 2 saturated heterocycles. The van der Waals surface area contributed by atoms with E-state index >= 15 is 0 Å². The van der Waals surface area contributed by atoms with E-state index in [0.29, 0.717) is 35.6 Å². The Morgan fingerprint density at radius 1 is 1.02 bits per heavy atom. The second-order valence-corrected chi connectivity index (χ2v) is 15.6. The van der Waals surface area contributed by atoms with Crippen LogP contribution < -0.4 is 0 Å². The molecule has 0 radical (unpaired) electrons. The van der Waals surface area contributed by atoms with Gasteiger partial charge >= 0.3 is 0 Å². The van der Waals surface area contributed by atoms with Crippen LogP contribution >= 0.6 is 0 Å². The zero-order valence-corrected chi connectivity index (χ0v) is 26.3. The minimum Gasteiger partial charge on any atom is -0.394 e. The molecule has 2 aliphatic heterocycles. The van der Waals surface area contributed by atoms with Gasteiger partial charge in [0.05, 0.1) is 18.8 Å². The van der Waals surface area contributed by atoms with E-state index in [2.05, 4.69) is 38.8 Å². The van der Waals surface area contributed by atoms with Gasteiger partial charge in [-0.3, -0.25) is 0 Å².